The molecule has 2 amide bonds. The van der Waals surface area contributed by atoms with E-state index in [9.17, 15) is 24.3 Å². The molecule has 3 aliphatic rings. The second kappa shape index (κ2) is 15.4. The van der Waals surface area contributed by atoms with Crippen LogP contribution in [0.1, 0.15) is 41.2 Å². The topological polar surface area (TPSA) is 194 Å². The SMILES string of the molecule is COc1ccc([C@@]23C(=O)N(Nc4ccc(Cl)cc4Cl)C(=O)[C@@H]2C[C@@H]2C(=CCn4c(=O)n(CCc5nc6cc(OC)c(OC)cc6n(C)c5=O)c(=O)n42)[C@@H]3c2ccc(CO)o2)cc1. The van der Waals surface area contributed by atoms with Crippen molar-refractivity contribution in [1.29, 1.82) is 0 Å². The van der Waals surface area contributed by atoms with E-state index in [-0.39, 0.29) is 53.9 Å². The Labute approximate surface area is 361 Å². The smallest absolute Gasteiger partial charge is 0.347 e. The van der Waals surface area contributed by atoms with E-state index in [0.717, 1.165) is 9.58 Å². The molecule has 0 bridgehead atoms. The maximum atomic E-state index is 15.4. The van der Waals surface area contributed by atoms with Crippen LogP contribution in [0.25, 0.3) is 11.0 Å². The Morgan fingerprint density at radius 2 is 1.66 bits per heavy atom. The number of aliphatic hydroxyl groups is 1. The quantitative estimate of drug-likeness (QED) is 0.138. The molecule has 62 heavy (non-hydrogen) atoms. The van der Waals surface area contributed by atoms with Gasteiger partial charge in [-0.15, -0.1) is 0 Å². The highest BCUT2D eigenvalue weighted by Crippen LogP contribution is 2.62. The highest BCUT2D eigenvalue weighted by molar-refractivity contribution is 6.36. The summed E-state index contributed by atoms with van der Waals surface area (Å²) >= 11 is 12.7. The summed E-state index contributed by atoms with van der Waals surface area (Å²) < 4.78 is 27.6. The lowest BCUT2D eigenvalue weighted by atomic mass is 9.54. The number of anilines is 1. The summed E-state index contributed by atoms with van der Waals surface area (Å²) in [4.78, 5) is 77.3. The molecule has 2 fully saturated rings. The molecule has 1 saturated heterocycles. The van der Waals surface area contributed by atoms with Gasteiger partial charge in [-0.2, -0.15) is 5.01 Å². The standard InChI is InChI=1S/C43H39Cl2N7O10/c1-48-33-20-36(61-4)35(60-3)19-31(33)46-30(39(48)55)14-15-49-41(57)50-16-13-26-32(52(50)42(49)58)18-27-38(54)51(47-29-11-7-23(44)17-28(29)45)40(56)43(27,22-5-8-24(59-2)9-6-22)37(26)34-12-10-25(21-53)62-34/h5-13,17,19-20,27,32,37,47,53H,14-16,18,21H2,1-4H3/t27-,32+,37+,43+/m0/s1. The number of furan rings is 1. The molecule has 4 atom stereocenters. The minimum absolute atomic E-state index is 0.0654. The van der Waals surface area contributed by atoms with Gasteiger partial charge in [0.2, 0.25) is 0 Å². The van der Waals surface area contributed by atoms with Crippen molar-refractivity contribution in [3.05, 3.63) is 143 Å². The number of aliphatic hydroxyl groups excluding tert-OH is 1. The maximum Gasteiger partial charge on any atom is 0.347 e. The number of fused-ring (bicyclic) bond motifs is 5. The first-order valence-corrected chi connectivity index (χ1v) is 20.3. The number of hydrogen-bond acceptors (Lipinski definition) is 12. The molecule has 9 rings (SSSR count). The van der Waals surface area contributed by atoms with Gasteiger partial charge in [0.25, 0.3) is 17.4 Å². The zero-order chi connectivity index (χ0) is 43.8. The van der Waals surface area contributed by atoms with E-state index >= 15 is 4.79 Å². The van der Waals surface area contributed by atoms with Crippen molar-refractivity contribution in [2.45, 2.75) is 49.9 Å². The number of aryl methyl sites for hydroxylation is 2. The summed E-state index contributed by atoms with van der Waals surface area (Å²) in [6, 6.07) is 17.0. The summed E-state index contributed by atoms with van der Waals surface area (Å²) in [6.07, 6.45) is 1.64. The highest BCUT2D eigenvalue weighted by Gasteiger charge is 2.69. The van der Waals surface area contributed by atoms with Gasteiger partial charge >= 0.3 is 11.4 Å². The van der Waals surface area contributed by atoms with E-state index < -0.39 is 58.7 Å². The molecule has 0 radical (unpaired) electrons. The fourth-order valence-corrected chi connectivity index (χ4v) is 9.83. The molecule has 2 N–H and O–H groups in total. The molecular formula is C43H39Cl2N7O10. The third-order valence-electron chi connectivity index (χ3n) is 12.3. The van der Waals surface area contributed by atoms with E-state index in [1.165, 1.54) is 41.3 Å². The molecule has 0 unspecified atom stereocenters. The maximum absolute atomic E-state index is 15.4. The third-order valence-corrected chi connectivity index (χ3v) is 12.8. The van der Waals surface area contributed by atoms with Crippen LogP contribution in [0.3, 0.4) is 0 Å². The van der Waals surface area contributed by atoms with Gasteiger partial charge < -0.3 is 28.3 Å². The molecule has 1 aliphatic carbocycles. The van der Waals surface area contributed by atoms with Crippen LogP contribution in [-0.4, -0.2) is 66.7 Å². The second-order valence-corrected chi connectivity index (χ2v) is 16.1. The van der Waals surface area contributed by atoms with Gasteiger partial charge in [0.1, 0.15) is 35.0 Å². The van der Waals surface area contributed by atoms with Gasteiger partial charge in [-0.3, -0.25) is 19.8 Å². The number of hydrazine groups is 1. The largest absolute Gasteiger partial charge is 0.497 e. The Morgan fingerprint density at radius 1 is 0.919 bits per heavy atom. The molecule has 3 aromatic carbocycles. The van der Waals surface area contributed by atoms with Gasteiger partial charge in [-0.25, -0.2) is 28.5 Å². The number of hydrogen-bond donors (Lipinski definition) is 2. The summed E-state index contributed by atoms with van der Waals surface area (Å²) in [5, 5.41) is 11.6. The summed E-state index contributed by atoms with van der Waals surface area (Å²) in [5.74, 6) is -1.59. The average molecular weight is 885 g/mol. The number of methoxy groups -OCH3 is 3. The Kier molecular flexibility index (Phi) is 10.1. The normalized spacial score (nSPS) is 20.5. The first-order valence-electron chi connectivity index (χ1n) is 19.5. The number of amides is 2. The van der Waals surface area contributed by atoms with Crippen molar-refractivity contribution in [3.63, 3.8) is 0 Å². The van der Waals surface area contributed by atoms with Crippen LogP contribution in [0.2, 0.25) is 10.0 Å². The fraction of sp³-hybridized carbons (Fsp3) is 0.302. The lowest BCUT2D eigenvalue weighted by Crippen LogP contribution is -2.53. The number of ether oxygens (including phenoxy) is 3. The fourth-order valence-electron chi connectivity index (χ4n) is 9.38. The third kappa shape index (κ3) is 6.08. The Hall–Kier alpha value is -6.56. The number of benzene rings is 3. The number of nitrogens with zero attached hydrogens (tertiary/aromatic N) is 6. The van der Waals surface area contributed by atoms with Gasteiger partial charge in [0.15, 0.2) is 11.5 Å². The molecule has 19 heteroatoms. The number of carbonyl (C=O) groups excluding carboxylic acids is 2. The van der Waals surface area contributed by atoms with Crippen molar-refractivity contribution in [2.24, 2.45) is 13.0 Å². The number of aromatic nitrogens is 5. The molecule has 6 aromatic rings. The molecule has 320 valence electrons. The van der Waals surface area contributed by atoms with Crippen molar-refractivity contribution in [1.82, 2.24) is 28.5 Å². The summed E-state index contributed by atoms with van der Waals surface area (Å²) in [7, 11) is 6.08. The molecule has 5 heterocycles. The number of carbonyl (C=O) groups is 2. The molecule has 2 aliphatic heterocycles. The van der Waals surface area contributed by atoms with Gasteiger partial charge in [0, 0.05) is 37.2 Å². The summed E-state index contributed by atoms with van der Waals surface area (Å²) in [5.41, 5.74) is 1.86. The van der Waals surface area contributed by atoms with E-state index in [1.807, 2.05) is 0 Å². The van der Waals surface area contributed by atoms with E-state index in [1.54, 1.807) is 73.8 Å². The Balaban J connectivity index is 1.16. The Morgan fingerprint density at radius 3 is 2.34 bits per heavy atom. The number of nitrogens with one attached hydrogen (secondary N) is 1. The number of rotatable bonds is 11. The van der Waals surface area contributed by atoms with Crippen LogP contribution < -0.4 is 36.6 Å². The first kappa shape index (κ1) is 40.8. The number of halogens is 2. The van der Waals surface area contributed by atoms with E-state index in [4.69, 9.17) is 41.8 Å². The van der Waals surface area contributed by atoms with E-state index in [0.29, 0.717) is 44.4 Å². The average Bonchev–Trinajstić information content (AvgIpc) is 3.92. The molecule has 3 aromatic heterocycles. The summed E-state index contributed by atoms with van der Waals surface area (Å²) in [6.45, 7) is -0.698. The lowest BCUT2D eigenvalue weighted by Gasteiger charge is -2.47. The van der Waals surface area contributed by atoms with Crippen molar-refractivity contribution < 1.29 is 33.3 Å². The minimum atomic E-state index is -1.68. The lowest BCUT2D eigenvalue weighted by molar-refractivity contribution is -0.138. The van der Waals surface area contributed by atoms with Crippen molar-refractivity contribution in [3.8, 4) is 17.2 Å². The molecule has 0 spiro atoms. The molecule has 1 saturated carbocycles. The minimum Gasteiger partial charge on any atom is -0.497 e. The highest BCUT2D eigenvalue weighted by atomic mass is 35.5. The predicted octanol–water partition coefficient (Wildman–Crippen LogP) is 4.34. The number of imide groups is 1. The predicted molar refractivity (Wildman–Crippen MR) is 226 cm³/mol. The van der Waals surface area contributed by atoms with Gasteiger partial charge in [-0.1, -0.05) is 41.4 Å². The van der Waals surface area contributed by atoms with Crippen LogP contribution in [-0.2, 0) is 48.2 Å². The van der Waals surface area contributed by atoms with Crippen LogP contribution >= 0.6 is 23.2 Å². The van der Waals surface area contributed by atoms with Crippen molar-refractivity contribution in [2.75, 3.05) is 26.8 Å². The van der Waals surface area contributed by atoms with Crippen LogP contribution in [0, 0.1) is 5.92 Å². The van der Waals surface area contributed by atoms with Crippen LogP contribution in [0.15, 0.2) is 97.2 Å². The van der Waals surface area contributed by atoms with Crippen LogP contribution in [0.4, 0.5) is 5.69 Å². The zero-order valence-electron chi connectivity index (χ0n) is 33.8. The zero-order valence-corrected chi connectivity index (χ0v) is 35.3. The monoisotopic (exact) mass is 883 g/mol. The van der Waals surface area contributed by atoms with Gasteiger partial charge in [-0.05, 0) is 60.0 Å². The number of allylic oxidation sites excluding steroid dienone is 2. The second-order valence-electron chi connectivity index (χ2n) is 15.2. The molecular weight excluding hydrogens is 845 g/mol. The first-order chi connectivity index (χ1) is 29.8. The molecule has 17 nitrogen and oxygen atoms in total. The van der Waals surface area contributed by atoms with E-state index in [2.05, 4.69) is 10.4 Å². The van der Waals surface area contributed by atoms with Crippen LogP contribution in [0.5, 0.6) is 17.2 Å². The van der Waals surface area contributed by atoms with Gasteiger partial charge in [0.05, 0.1) is 67.5 Å². The Bertz CT molecular complexity index is 3040. The van der Waals surface area contributed by atoms with Crippen molar-refractivity contribution >= 4 is 51.7 Å².